The van der Waals surface area contributed by atoms with E-state index in [2.05, 4.69) is 4.74 Å². The molecule has 0 saturated carbocycles. The van der Waals surface area contributed by atoms with E-state index < -0.39 is 11.3 Å². The molecule has 0 aromatic carbocycles. The highest BCUT2D eigenvalue weighted by atomic mass is 35.5. The summed E-state index contributed by atoms with van der Waals surface area (Å²) in [5.41, 5.74) is 0. The van der Waals surface area contributed by atoms with E-state index in [0.717, 1.165) is 0 Å². The summed E-state index contributed by atoms with van der Waals surface area (Å²) < 4.78 is 4.53. The molecule has 1 atom stereocenters. The first-order chi connectivity index (χ1) is 4.72. The minimum atomic E-state index is -0.822. The molecule has 0 fully saturated rings. The van der Waals surface area contributed by atoms with Gasteiger partial charge in [-0.25, -0.2) is 0 Å². The summed E-state index contributed by atoms with van der Waals surface area (Å²) in [4.78, 5) is 20.5. The zero-order valence-electron chi connectivity index (χ0n) is 5.67. The number of hydrogen-bond donors (Lipinski definition) is 0. The third-order valence-electron chi connectivity index (χ3n) is 0.846. The van der Waals surface area contributed by atoms with Crippen LogP contribution in [0.15, 0.2) is 0 Å². The number of ether oxygens (including phenoxy) is 1. The van der Waals surface area contributed by atoms with Crippen LogP contribution < -0.4 is 0 Å². The van der Waals surface area contributed by atoms with Crippen LogP contribution in [0, 0.1) is 0 Å². The maximum atomic E-state index is 10.6. The standard InChI is InChI=1S/C6H9ClO3/c1-2-10-6(9)5(7)3-4-8/h4-5H,2-3H2,1H3. The Balaban J connectivity index is 3.58. The van der Waals surface area contributed by atoms with E-state index in [0.29, 0.717) is 12.9 Å². The van der Waals surface area contributed by atoms with Crippen molar-refractivity contribution in [3.8, 4) is 0 Å². The summed E-state index contributed by atoms with van der Waals surface area (Å²) in [5.74, 6) is -0.531. The predicted molar refractivity (Wildman–Crippen MR) is 37.0 cm³/mol. The Hall–Kier alpha value is -0.570. The fraction of sp³-hybridized carbons (Fsp3) is 0.667. The maximum Gasteiger partial charge on any atom is 0.324 e. The highest BCUT2D eigenvalue weighted by molar-refractivity contribution is 6.30. The van der Waals surface area contributed by atoms with Crippen molar-refractivity contribution in [3.63, 3.8) is 0 Å². The number of carbonyl (C=O) groups excluding carboxylic acids is 2. The lowest BCUT2D eigenvalue weighted by Gasteiger charge is -2.03. The molecule has 4 heteroatoms. The predicted octanol–water partition coefficient (Wildman–Crippen LogP) is 0.746. The highest BCUT2D eigenvalue weighted by Crippen LogP contribution is 2.01. The zero-order valence-corrected chi connectivity index (χ0v) is 6.43. The van der Waals surface area contributed by atoms with Crippen LogP contribution >= 0.6 is 11.6 Å². The monoisotopic (exact) mass is 164 g/mol. The van der Waals surface area contributed by atoms with Crippen LogP contribution in [0.25, 0.3) is 0 Å². The van der Waals surface area contributed by atoms with Gasteiger partial charge in [-0.2, -0.15) is 0 Å². The van der Waals surface area contributed by atoms with Gasteiger partial charge in [0.15, 0.2) is 0 Å². The fourth-order valence-corrected chi connectivity index (χ4v) is 0.549. The number of esters is 1. The molecule has 58 valence electrons. The van der Waals surface area contributed by atoms with Crippen LogP contribution in [0.2, 0.25) is 0 Å². The van der Waals surface area contributed by atoms with E-state index >= 15 is 0 Å². The Morgan fingerprint density at radius 2 is 2.40 bits per heavy atom. The SMILES string of the molecule is CCOC(=O)C(Cl)CC=O. The smallest absolute Gasteiger partial charge is 0.324 e. The van der Waals surface area contributed by atoms with Crippen LogP contribution in [-0.4, -0.2) is 24.2 Å². The first-order valence-electron chi connectivity index (χ1n) is 2.96. The third-order valence-corrected chi connectivity index (χ3v) is 1.20. The van der Waals surface area contributed by atoms with E-state index in [9.17, 15) is 9.59 Å². The van der Waals surface area contributed by atoms with Gasteiger partial charge < -0.3 is 9.53 Å². The quantitative estimate of drug-likeness (QED) is 0.350. The fourth-order valence-electron chi connectivity index (χ4n) is 0.413. The summed E-state index contributed by atoms with van der Waals surface area (Å²) in [6, 6.07) is 0. The topological polar surface area (TPSA) is 43.4 Å². The van der Waals surface area contributed by atoms with Gasteiger partial charge in [0, 0.05) is 6.42 Å². The van der Waals surface area contributed by atoms with Crippen molar-refractivity contribution >= 4 is 23.9 Å². The van der Waals surface area contributed by atoms with Crippen molar-refractivity contribution in [3.05, 3.63) is 0 Å². The van der Waals surface area contributed by atoms with Crippen molar-refractivity contribution in [2.45, 2.75) is 18.7 Å². The van der Waals surface area contributed by atoms with Gasteiger partial charge in [-0.15, -0.1) is 11.6 Å². The second-order valence-corrected chi connectivity index (χ2v) is 2.15. The molecule has 0 aliphatic heterocycles. The molecular weight excluding hydrogens is 156 g/mol. The van der Waals surface area contributed by atoms with Crippen molar-refractivity contribution in [1.29, 1.82) is 0 Å². The number of aldehydes is 1. The van der Waals surface area contributed by atoms with Crippen LogP contribution in [-0.2, 0) is 14.3 Å². The third kappa shape index (κ3) is 3.45. The van der Waals surface area contributed by atoms with Gasteiger partial charge in [0.1, 0.15) is 11.7 Å². The lowest BCUT2D eigenvalue weighted by molar-refractivity contribution is -0.143. The van der Waals surface area contributed by atoms with Crippen molar-refractivity contribution in [1.82, 2.24) is 0 Å². The summed E-state index contributed by atoms with van der Waals surface area (Å²) in [6.07, 6.45) is 0.606. The second kappa shape index (κ2) is 5.23. The van der Waals surface area contributed by atoms with Crippen LogP contribution in [0.3, 0.4) is 0 Å². The highest BCUT2D eigenvalue weighted by Gasteiger charge is 2.14. The van der Waals surface area contributed by atoms with E-state index in [1.807, 2.05) is 0 Å². The molecule has 0 N–H and O–H groups in total. The Kier molecular flexibility index (Phi) is 4.94. The molecule has 0 aliphatic carbocycles. The Labute approximate surface area is 64.3 Å². The number of carbonyl (C=O) groups is 2. The van der Waals surface area contributed by atoms with Crippen LogP contribution in [0.4, 0.5) is 0 Å². The van der Waals surface area contributed by atoms with Gasteiger partial charge in [-0.05, 0) is 6.92 Å². The lowest BCUT2D eigenvalue weighted by Crippen LogP contribution is -2.17. The first-order valence-corrected chi connectivity index (χ1v) is 3.40. The molecule has 3 nitrogen and oxygen atoms in total. The summed E-state index contributed by atoms with van der Waals surface area (Å²) in [6.45, 7) is 1.98. The number of rotatable bonds is 4. The molecule has 0 aliphatic rings. The van der Waals surface area contributed by atoms with Gasteiger partial charge in [-0.1, -0.05) is 0 Å². The average Bonchev–Trinajstić information content (AvgIpc) is 1.89. The number of halogens is 1. The summed E-state index contributed by atoms with van der Waals surface area (Å²) in [5, 5.41) is -0.822. The molecule has 0 radical (unpaired) electrons. The van der Waals surface area contributed by atoms with Crippen LogP contribution in [0.1, 0.15) is 13.3 Å². The minimum absolute atomic E-state index is 0.0143. The summed E-state index contributed by atoms with van der Waals surface area (Å²) in [7, 11) is 0. The molecule has 0 bridgehead atoms. The Morgan fingerprint density at radius 3 is 2.80 bits per heavy atom. The molecule has 0 aromatic heterocycles. The molecule has 0 rings (SSSR count). The number of alkyl halides is 1. The molecule has 0 heterocycles. The molecule has 10 heavy (non-hydrogen) atoms. The van der Waals surface area contributed by atoms with Gasteiger partial charge in [0.25, 0.3) is 0 Å². The Bertz CT molecular complexity index is 124. The molecular formula is C6H9ClO3. The second-order valence-electron chi connectivity index (χ2n) is 1.62. The van der Waals surface area contributed by atoms with Gasteiger partial charge in [0.05, 0.1) is 6.61 Å². The number of hydrogen-bond acceptors (Lipinski definition) is 3. The van der Waals surface area contributed by atoms with Crippen LogP contribution in [0.5, 0.6) is 0 Å². The minimum Gasteiger partial charge on any atom is -0.465 e. The molecule has 0 saturated heterocycles. The maximum absolute atomic E-state index is 10.6. The molecule has 1 unspecified atom stereocenters. The van der Waals surface area contributed by atoms with Gasteiger partial charge in [-0.3, -0.25) is 4.79 Å². The molecule has 0 aromatic rings. The average molecular weight is 165 g/mol. The van der Waals surface area contributed by atoms with E-state index in [1.54, 1.807) is 6.92 Å². The Morgan fingerprint density at radius 1 is 1.80 bits per heavy atom. The lowest BCUT2D eigenvalue weighted by atomic mass is 10.3. The van der Waals surface area contributed by atoms with E-state index in [-0.39, 0.29) is 6.42 Å². The normalized spacial score (nSPS) is 12.2. The first kappa shape index (κ1) is 9.43. The zero-order chi connectivity index (χ0) is 7.98. The van der Waals surface area contributed by atoms with E-state index in [4.69, 9.17) is 11.6 Å². The van der Waals surface area contributed by atoms with Crippen molar-refractivity contribution in [2.24, 2.45) is 0 Å². The molecule has 0 amide bonds. The van der Waals surface area contributed by atoms with Gasteiger partial charge >= 0.3 is 5.97 Å². The summed E-state index contributed by atoms with van der Waals surface area (Å²) >= 11 is 5.40. The van der Waals surface area contributed by atoms with Crippen molar-refractivity contribution in [2.75, 3.05) is 6.61 Å². The largest absolute Gasteiger partial charge is 0.465 e. The van der Waals surface area contributed by atoms with E-state index in [1.165, 1.54) is 0 Å². The van der Waals surface area contributed by atoms with Gasteiger partial charge in [0.2, 0.25) is 0 Å². The van der Waals surface area contributed by atoms with Crippen molar-refractivity contribution < 1.29 is 14.3 Å². The molecule has 0 spiro atoms.